The molecule has 3 aliphatic heterocycles. The maximum Gasteiger partial charge on any atom is 0.244 e. The second-order valence-corrected chi connectivity index (χ2v) is 5.15. The second-order valence-electron chi connectivity index (χ2n) is 5.15. The first-order chi connectivity index (χ1) is 7.66. The highest BCUT2D eigenvalue weighted by Gasteiger charge is 2.47. The minimum atomic E-state index is -0.215. The van der Waals surface area contributed by atoms with Crippen LogP contribution in [0.1, 0.15) is 13.3 Å². The molecule has 0 aromatic rings. The van der Waals surface area contributed by atoms with Crippen molar-refractivity contribution in [3.63, 3.8) is 0 Å². The monoisotopic (exact) mass is 223 g/mol. The Morgan fingerprint density at radius 1 is 1.31 bits per heavy atom. The Morgan fingerprint density at radius 3 is 2.75 bits per heavy atom. The minimum absolute atomic E-state index is 0.107. The highest BCUT2D eigenvalue weighted by atomic mass is 16.2. The van der Waals surface area contributed by atoms with Gasteiger partial charge in [-0.1, -0.05) is 0 Å². The second kappa shape index (κ2) is 3.53. The van der Waals surface area contributed by atoms with Crippen LogP contribution in [-0.2, 0) is 9.59 Å². The third kappa shape index (κ3) is 1.38. The van der Waals surface area contributed by atoms with Crippen molar-refractivity contribution < 1.29 is 9.59 Å². The van der Waals surface area contributed by atoms with Crippen LogP contribution in [-0.4, -0.2) is 48.4 Å². The van der Waals surface area contributed by atoms with Gasteiger partial charge in [-0.3, -0.25) is 19.8 Å². The zero-order valence-electron chi connectivity index (χ0n) is 9.40. The van der Waals surface area contributed by atoms with Gasteiger partial charge >= 0.3 is 0 Å². The molecule has 0 radical (unpaired) electrons. The summed E-state index contributed by atoms with van der Waals surface area (Å²) in [5, 5.41) is 5.79. The molecule has 2 N–H and O–H groups in total. The van der Waals surface area contributed by atoms with Gasteiger partial charge in [0.25, 0.3) is 0 Å². The highest BCUT2D eigenvalue weighted by molar-refractivity contribution is 6.05. The lowest BCUT2D eigenvalue weighted by atomic mass is 9.95. The van der Waals surface area contributed by atoms with Crippen molar-refractivity contribution >= 4 is 11.8 Å². The number of fused-ring (bicyclic) bond motifs is 1. The number of nitrogens with zero attached hydrogens (tertiary/aromatic N) is 1. The molecular formula is C11H17N3O2. The van der Waals surface area contributed by atoms with Gasteiger partial charge < -0.3 is 5.32 Å². The largest absolute Gasteiger partial charge is 0.316 e. The Balaban J connectivity index is 1.77. The van der Waals surface area contributed by atoms with Crippen molar-refractivity contribution in [3.8, 4) is 0 Å². The van der Waals surface area contributed by atoms with Crippen molar-refractivity contribution in [3.05, 3.63) is 0 Å². The van der Waals surface area contributed by atoms with Gasteiger partial charge in [0.05, 0.1) is 12.5 Å². The number of likely N-dealkylation sites (tertiary alicyclic amines) is 1. The third-order valence-electron chi connectivity index (χ3n) is 4.32. The summed E-state index contributed by atoms with van der Waals surface area (Å²) in [5.41, 5.74) is 0. The molecule has 88 valence electrons. The number of hydrogen-bond donors (Lipinski definition) is 2. The first kappa shape index (κ1) is 10.2. The molecule has 5 nitrogen and oxygen atoms in total. The first-order valence-electron chi connectivity index (χ1n) is 5.97. The van der Waals surface area contributed by atoms with Crippen LogP contribution in [0.4, 0.5) is 0 Å². The molecule has 4 atom stereocenters. The van der Waals surface area contributed by atoms with Crippen molar-refractivity contribution in [2.24, 2.45) is 11.8 Å². The molecule has 0 saturated carbocycles. The minimum Gasteiger partial charge on any atom is -0.316 e. The number of carbonyl (C=O) groups excluding carboxylic acids is 2. The van der Waals surface area contributed by atoms with Gasteiger partial charge in [-0.2, -0.15) is 0 Å². The van der Waals surface area contributed by atoms with E-state index in [0.717, 1.165) is 19.6 Å². The molecule has 5 heteroatoms. The molecule has 3 fully saturated rings. The van der Waals surface area contributed by atoms with Crippen LogP contribution in [0.25, 0.3) is 0 Å². The summed E-state index contributed by atoms with van der Waals surface area (Å²) >= 11 is 0. The first-order valence-corrected chi connectivity index (χ1v) is 5.97. The van der Waals surface area contributed by atoms with Crippen molar-refractivity contribution in [2.75, 3.05) is 19.6 Å². The molecule has 0 aromatic carbocycles. The van der Waals surface area contributed by atoms with Crippen molar-refractivity contribution in [2.45, 2.75) is 25.4 Å². The lowest BCUT2D eigenvalue weighted by molar-refractivity contribution is -0.126. The number of hydrogen-bond acceptors (Lipinski definition) is 4. The topological polar surface area (TPSA) is 61.4 Å². The van der Waals surface area contributed by atoms with Crippen LogP contribution in [0.15, 0.2) is 0 Å². The van der Waals surface area contributed by atoms with E-state index in [1.54, 1.807) is 0 Å². The average Bonchev–Trinajstić information content (AvgIpc) is 2.85. The molecule has 3 saturated heterocycles. The van der Waals surface area contributed by atoms with E-state index in [2.05, 4.69) is 22.5 Å². The molecule has 16 heavy (non-hydrogen) atoms. The van der Waals surface area contributed by atoms with Gasteiger partial charge in [0, 0.05) is 12.6 Å². The summed E-state index contributed by atoms with van der Waals surface area (Å²) in [5.74, 6) is 1.06. The Bertz CT molecular complexity index is 344. The highest BCUT2D eigenvalue weighted by Crippen LogP contribution is 2.34. The number of imide groups is 1. The Hall–Kier alpha value is -0.940. The Kier molecular flexibility index (Phi) is 2.26. The summed E-state index contributed by atoms with van der Waals surface area (Å²) < 4.78 is 0. The SMILES string of the molecule is CC1C2CNCC2CN1C1CC(=O)NC1=O. The fraction of sp³-hybridized carbons (Fsp3) is 0.818. The van der Waals surface area contributed by atoms with E-state index in [9.17, 15) is 9.59 Å². The lowest BCUT2D eigenvalue weighted by Crippen LogP contribution is -2.44. The van der Waals surface area contributed by atoms with Gasteiger partial charge in [0.2, 0.25) is 11.8 Å². The van der Waals surface area contributed by atoms with E-state index in [1.165, 1.54) is 0 Å². The third-order valence-corrected chi connectivity index (χ3v) is 4.32. The smallest absolute Gasteiger partial charge is 0.244 e. The van der Waals surface area contributed by atoms with Crippen LogP contribution < -0.4 is 10.6 Å². The average molecular weight is 223 g/mol. The maximum atomic E-state index is 11.6. The van der Waals surface area contributed by atoms with Gasteiger partial charge in [0.15, 0.2) is 0 Å². The molecule has 3 rings (SSSR count). The molecule has 2 amide bonds. The van der Waals surface area contributed by atoms with Crippen molar-refractivity contribution in [1.82, 2.24) is 15.5 Å². The van der Waals surface area contributed by atoms with Crippen LogP contribution in [0.5, 0.6) is 0 Å². The number of rotatable bonds is 1. The van der Waals surface area contributed by atoms with Gasteiger partial charge in [0.1, 0.15) is 0 Å². The molecule has 3 aliphatic rings. The lowest BCUT2D eigenvalue weighted by Gasteiger charge is -2.27. The number of carbonyl (C=O) groups is 2. The summed E-state index contributed by atoms with van der Waals surface area (Å²) in [6.07, 6.45) is 0.343. The van der Waals surface area contributed by atoms with E-state index < -0.39 is 0 Å². The van der Waals surface area contributed by atoms with Gasteiger partial charge in [-0.15, -0.1) is 0 Å². The van der Waals surface area contributed by atoms with E-state index in [0.29, 0.717) is 24.3 Å². The zero-order valence-corrected chi connectivity index (χ0v) is 9.40. The zero-order chi connectivity index (χ0) is 11.3. The van der Waals surface area contributed by atoms with Crippen LogP contribution in [0.3, 0.4) is 0 Å². The molecular weight excluding hydrogens is 206 g/mol. The van der Waals surface area contributed by atoms with E-state index in [1.807, 2.05) is 0 Å². The van der Waals surface area contributed by atoms with E-state index in [4.69, 9.17) is 0 Å². The molecule has 0 bridgehead atoms. The Morgan fingerprint density at radius 2 is 2.12 bits per heavy atom. The molecule has 0 spiro atoms. The molecule has 0 aliphatic carbocycles. The van der Waals surface area contributed by atoms with Gasteiger partial charge in [-0.05, 0) is 31.8 Å². The molecule has 0 aromatic heterocycles. The summed E-state index contributed by atoms with van der Waals surface area (Å²) in [6.45, 7) is 5.22. The summed E-state index contributed by atoms with van der Waals surface area (Å²) in [4.78, 5) is 25.1. The fourth-order valence-corrected chi connectivity index (χ4v) is 3.42. The maximum absolute atomic E-state index is 11.6. The Labute approximate surface area is 94.6 Å². The predicted molar refractivity (Wildman–Crippen MR) is 57.6 cm³/mol. The van der Waals surface area contributed by atoms with E-state index >= 15 is 0 Å². The molecule has 3 heterocycles. The predicted octanol–water partition coefficient (Wildman–Crippen LogP) is -1.06. The molecule has 4 unspecified atom stereocenters. The van der Waals surface area contributed by atoms with Crippen LogP contribution >= 0.6 is 0 Å². The van der Waals surface area contributed by atoms with Crippen LogP contribution in [0.2, 0.25) is 0 Å². The van der Waals surface area contributed by atoms with Crippen LogP contribution in [0, 0.1) is 11.8 Å². The summed E-state index contributed by atoms with van der Waals surface area (Å²) in [7, 11) is 0. The number of nitrogens with one attached hydrogen (secondary N) is 2. The summed E-state index contributed by atoms with van der Waals surface area (Å²) in [6, 6.07) is 0.190. The standard InChI is InChI=1S/C11H17N3O2/c1-6-8-4-12-3-7(8)5-14(6)9-2-10(15)13-11(9)16/h6-9,12H,2-5H2,1H3,(H,13,15,16). The normalized spacial score (nSPS) is 43.8. The van der Waals surface area contributed by atoms with Crippen molar-refractivity contribution in [1.29, 1.82) is 0 Å². The number of amides is 2. The fourth-order valence-electron chi connectivity index (χ4n) is 3.42. The quantitative estimate of drug-likeness (QED) is 0.556. The van der Waals surface area contributed by atoms with E-state index in [-0.39, 0.29) is 17.9 Å². The van der Waals surface area contributed by atoms with Gasteiger partial charge in [-0.25, -0.2) is 0 Å².